The summed E-state index contributed by atoms with van der Waals surface area (Å²) in [5, 5.41) is 8.79. The number of rotatable bonds is 0. The van der Waals surface area contributed by atoms with Crippen LogP contribution in [0.3, 0.4) is 0 Å². The lowest BCUT2D eigenvalue weighted by atomic mass is 9.90. The van der Waals surface area contributed by atoms with E-state index in [4.69, 9.17) is 5.26 Å². The molecule has 0 atom stereocenters. The summed E-state index contributed by atoms with van der Waals surface area (Å²) in [6, 6.07) is 1.88. The summed E-state index contributed by atoms with van der Waals surface area (Å²) < 4.78 is 0. The molecule has 4 nitrogen and oxygen atoms in total. The summed E-state index contributed by atoms with van der Waals surface area (Å²) in [6.07, 6.45) is 2.82. The number of H-pyrrole nitrogens is 1. The molecule has 0 aliphatic heterocycles. The van der Waals surface area contributed by atoms with Crippen molar-refractivity contribution >= 4 is 5.78 Å². The van der Waals surface area contributed by atoms with Gasteiger partial charge in [0.05, 0.1) is 0 Å². The predicted octanol–water partition coefficient (Wildman–Crippen LogP) is 0.304. The van der Waals surface area contributed by atoms with E-state index in [0.29, 0.717) is 19.3 Å². The molecule has 0 saturated heterocycles. The van der Waals surface area contributed by atoms with Crippen molar-refractivity contribution in [2.45, 2.75) is 19.3 Å². The summed E-state index contributed by atoms with van der Waals surface area (Å²) in [7, 11) is 0. The monoisotopic (exact) mass is 188 g/mol. The Balaban J connectivity index is 2.65. The van der Waals surface area contributed by atoms with Gasteiger partial charge in [-0.15, -0.1) is 0 Å². The summed E-state index contributed by atoms with van der Waals surface area (Å²) >= 11 is 0. The van der Waals surface area contributed by atoms with Gasteiger partial charge in [-0.05, 0) is 17.5 Å². The van der Waals surface area contributed by atoms with Crippen molar-refractivity contribution in [2.24, 2.45) is 0 Å². The first-order chi connectivity index (χ1) is 6.72. The molecule has 0 radical (unpaired) electrons. The van der Waals surface area contributed by atoms with Crippen molar-refractivity contribution in [2.75, 3.05) is 0 Å². The first-order valence-corrected chi connectivity index (χ1v) is 4.37. The highest BCUT2D eigenvalue weighted by atomic mass is 16.1. The number of nitrogens with one attached hydrogen (secondary N) is 1. The van der Waals surface area contributed by atoms with Crippen LogP contribution in [0.25, 0.3) is 0 Å². The highest BCUT2D eigenvalue weighted by molar-refractivity contribution is 5.83. The second-order valence-electron chi connectivity index (χ2n) is 3.32. The Labute approximate surface area is 80.2 Å². The van der Waals surface area contributed by atoms with Crippen LogP contribution >= 0.6 is 0 Å². The number of hydrogen-bond acceptors (Lipinski definition) is 3. The minimum atomic E-state index is -0.361. The van der Waals surface area contributed by atoms with Gasteiger partial charge in [0.2, 0.25) is 0 Å². The SMILES string of the molecule is N#Cc1c2c(c[nH]c1=O)CC(=O)CC2. The number of nitriles is 1. The van der Waals surface area contributed by atoms with Gasteiger partial charge in [-0.2, -0.15) is 5.26 Å². The van der Waals surface area contributed by atoms with E-state index in [1.807, 2.05) is 6.07 Å². The van der Waals surface area contributed by atoms with E-state index in [1.165, 1.54) is 6.20 Å². The summed E-state index contributed by atoms with van der Waals surface area (Å²) in [5.41, 5.74) is 1.34. The van der Waals surface area contributed by atoms with Crippen molar-refractivity contribution in [3.05, 3.63) is 33.2 Å². The lowest BCUT2D eigenvalue weighted by molar-refractivity contribution is -0.118. The first kappa shape index (κ1) is 8.70. The van der Waals surface area contributed by atoms with Gasteiger partial charge in [-0.1, -0.05) is 0 Å². The predicted molar refractivity (Wildman–Crippen MR) is 48.8 cm³/mol. The molecule has 70 valence electrons. The summed E-state index contributed by atoms with van der Waals surface area (Å²) in [4.78, 5) is 24.8. The standard InChI is InChI=1S/C10H8N2O2/c11-4-9-8-2-1-7(13)3-6(8)5-12-10(9)14/h5H,1-3H2,(H,12,14). The Kier molecular flexibility index (Phi) is 1.93. The van der Waals surface area contributed by atoms with Crippen LogP contribution in [0.4, 0.5) is 0 Å². The number of aromatic amines is 1. The van der Waals surface area contributed by atoms with Crippen molar-refractivity contribution in [3.8, 4) is 6.07 Å². The lowest BCUT2D eigenvalue weighted by Crippen LogP contribution is -2.21. The van der Waals surface area contributed by atoms with Gasteiger partial charge < -0.3 is 4.98 Å². The smallest absolute Gasteiger partial charge is 0.266 e. The molecule has 0 spiro atoms. The van der Waals surface area contributed by atoms with Crippen LogP contribution in [-0.2, 0) is 17.6 Å². The van der Waals surface area contributed by atoms with Crippen molar-refractivity contribution in [1.29, 1.82) is 5.26 Å². The van der Waals surface area contributed by atoms with Crippen LogP contribution in [0, 0.1) is 11.3 Å². The summed E-state index contributed by atoms with van der Waals surface area (Å²) in [6.45, 7) is 0. The van der Waals surface area contributed by atoms with E-state index in [-0.39, 0.29) is 16.9 Å². The number of hydrogen-bond donors (Lipinski definition) is 1. The Morgan fingerprint density at radius 1 is 1.36 bits per heavy atom. The molecule has 1 heterocycles. The van der Waals surface area contributed by atoms with Gasteiger partial charge in [0.1, 0.15) is 17.4 Å². The molecule has 1 aliphatic rings. The van der Waals surface area contributed by atoms with Crippen LogP contribution in [0.1, 0.15) is 23.1 Å². The molecule has 1 aromatic rings. The fourth-order valence-corrected chi connectivity index (χ4v) is 1.74. The first-order valence-electron chi connectivity index (χ1n) is 4.37. The molecule has 2 rings (SSSR count). The molecule has 0 bridgehead atoms. The average Bonchev–Trinajstić information content (AvgIpc) is 2.18. The van der Waals surface area contributed by atoms with E-state index < -0.39 is 0 Å². The van der Waals surface area contributed by atoms with Crippen LogP contribution in [-0.4, -0.2) is 10.8 Å². The zero-order chi connectivity index (χ0) is 10.1. The molecule has 1 N–H and O–H groups in total. The van der Waals surface area contributed by atoms with E-state index in [1.54, 1.807) is 0 Å². The Bertz CT molecular complexity index is 494. The van der Waals surface area contributed by atoms with Crippen LogP contribution in [0.15, 0.2) is 11.0 Å². The third-order valence-electron chi connectivity index (χ3n) is 2.45. The Morgan fingerprint density at radius 3 is 2.86 bits per heavy atom. The minimum absolute atomic E-state index is 0.161. The Morgan fingerprint density at radius 2 is 2.14 bits per heavy atom. The normalized spacial score (nSPS) is 14.6. The van der Waals surface area contributed by atoms with E-state index in [2.05, 4.69) is 4.98 Å². The largest absolute Gasteiger partial charge is 0.328 e. The molecule has 4 heteroatoms. The molecule has 1 aliphatic carbocycles. The number of Topliss-reactive ketones (excluding diaryl/α,β-unsaturated/α-hetero) is 1. The maximum absolute atomic E-state index is 11.2. The van der Waals surface area contributed by atoms with Crippen LogP contribution < -0.4 is 5.56 Å². The van der Waals surface area contributed by atoms with E-state index in [0.717, 1.165) is 11.1 Å². The number of aromatic nitrogens is 1. The van der Waals surface area contributed by atoms with Gasteiger partial charge in [-0.3, -0.25) is 9.59 Å². The molecule has 0 unspecified atom stereocenters. The second-order valence-corrected chi connectivity index (χ2v) is 3.32. The number of fused-ring (bicyclic) bond motifs is 1. The maximum Gasteiger partial charge on any atom is 0.266 e. The highest BCUT2D eigenvalue weighted by Gasteiger charge is 2.19. The molecule has 0 fully saturated rings. The number of ketones is 1. The second kappa shape index (κ2) is 3.11. The number of carbonyl (C=O) groups is 1. The zero-order valence-electron chi connectivity index (χ0n) is 7.46. The molecule has 0 saturated carbocycles. The zero-order valence-corrected chi connectivity index (χ0v) is 7.46. The fraction of sp³-hybridized carbons (Fsp3) is 0.300. The third kappa shape index (κ3) is 1.23. The summed E-state index contributed by atoms with van der Waals surface area (Å²) in [5.74, 6) is 0.161. The van der Waals surface area contributed by atoms with Crippen molar-refractivity contribution in [1.82, 2.24) is 4.98 Å². The Hall–Kier alpha value is -1.89. The minimum Gasteiger partial charge on any atom is -0.328 e. The molecular formula is C10H8N2O2. The van der Waals surface area contributed by atoms with Gasteiger partial charge >= 0.3 is 0 Å². The van der Waals surface area contributed by atoms with Crippen molar-refractivity contribution in [3.63, 3.8) is 0 Å². The lowest BCUT2D eigenvalue weighted by Gasteiger charge is -2.14. The molecule has 1 aromatic heterocycles. The molecule has 0 aromatic carbocycles. The van der Waals surface area contributed by atoms with E-state index >= 15 is 0 Å². The maximum atomic E-state index is 11.2. The quantitative estimate of drug-likeness (QED) is 0.636. The number of nitrogens with zero attached hydrogens (tertiary/aromatic N) is 1. The molecular weight excluding hydrogens is 180 g/mol. The fourth-order valence-electron chi connectivity index (χ4n) is 1.74. The molecule has 0 amide bonds. The van der Waals surface area contributed by atoms with Crippen LogP contribution in [0.5, 0.6) is 0 Å². The number of carbonyl (C=O) groups excluding carboxylic acids is 1. The topological polar surface area (TPSA) is 73.7 Å². The number of pyridine rings is 1. The van der Waals surface area contributed by atoms with E-state index in [9.17, 15) is 9.59 Å². The van der Waals surface area contributed by atoms with Gasteiger partial charge in [-0.25, -0.2) is 0 Å². The van der Waals surface area contributed by atoms with Gasteiger partial charge in [0.15, 0.2) is 0 Å². The molecule has 14 heavy (non-hydrogen) atoms. The van der Waals surface area contributed by atoms with Crippen LogP contribution in [0.2, 0.25) is 0 Å². The average molecular weight is 188 g/mol. The van der Waals surface area contributed by atoms with Crippen molar-refractivity contribution < 1.29 is 4.79 Å². The third-order valence-corrected chi connectivity index (χ3v) is 2.45. The highest BCUT2D eigenvalue weighted by Crippen LogP contribution is 2.19. The van der Waals surface area contributed by atoms with Gasteiger partial charge in [0, 0.05) is 19.0 Å². The van der Waals surface area contributed by atoms with Gasteiger partial charge in [0.25, 0.3) is 5.56 Å².